The maximum Gasteiger partial charge on any atom is 0.333 e. The summed E-state index contributed by atoms with van der Waals surface area (Å²) in [5.41, 5.74) is 2.54. The van der Waals surface area contributed by atoms with Crippen molar-refractivity contribution in [2.75, 3.05) is 19.4 Å². The van der Waals surface area contributed by atoms with Gasteiger partial charge in [0.25, 0.3) is 0 Å². The maximum absolute atomic E-state index is 11.3. The van der Waals surface area contributed by atoms with Crippen molar-refractivity contribution in [3.05, 3.63) is 71.9 Å². The number of aryl methyl sites for hydroxylation is 1. The average Bonchev–Trinajstić information content (AvgIpc) is 3.21. The smallest absolute Gasteiger partial charge is 0.333 e. The van der Waals surface area contributed by atoms with Crippen molar-refractivity contribution in [3.63, 3.8) is 0 Å². The molecular formula is C25H29NO4S. The van der Waals surface area contributed by atoms with Crippen LogP contribution >= 0.6 is 11.8 Å². The van der Waals surface area contributed by atoms with E-state index in [1.807, 2.05) is 30.5 Å². The minimum absolute atomic E-state index is 0.126. The molecule has 1 heterocycles. The Bertz CT molecular complexity index is 1150. The van der Waals surface area contributed by atoms with Gasteiger partial charge in [0.15, 0.2) is 6.10 Å². The van der Waals surface area contributed by atoms with Crippen molar-refractivity contribution >= 4 is 17.7 Å². The number of ether oxygens (including phenoxy) is 2. The first-order chi connectivity index (χ1) is 16.5. The molecule has 5 nitrogen and oxygen atoms in total. The van der Waals surface area contributed by atoms with Gasteiger partial charge >= 0.3 is 5.97 Å². The molecule has 0 fully saturated rings. The van der Waals surface area contributed by atoms with Crippen molar-refractivity contribution < 1.29 is 24.9 Å². The van der Waals surface area contributed by atoms with Crippen LogP contribution in [0.4, 0.5) is 0 Å². The number of carbonyl (C=O) groups is 1. The summed E-state index contributed by atoms with van der Waals surface area (Å²) in [5, 5.41) is 9.26. The van der Waals surface area contributed by atoms with E-state index in [-0.39, 0.29) is 18.8 Å². The van der Waals surface area contributed by atoms with Crippen LogP contribution in [0.3, 0.4) is 0 Å². The van der Waals surface area contributed by atoms with E-state index in [4.69, 9.17) is 15.0 Å². The molecule has 0 bridgehead atoms. The second-order valence-electron chi connectivity index (χ2n) is 6.87. The molecule has 6 heteroatoms. The molecule has 0 saturated carbocycles. The van der Waals surface area contributed by atoms with E-state index in [0.29, 0.717) is 17.0 Å². The summed E-state index contributed by atoms with van der Waals surface area (Å²) >= 11 is 1.60. The third-order valence-corrected chi connectivity index (χ3v) is 5.52. The predicted octanol–water partition coefficient (Wildman–Crippen LogP) is 5.30. The third-order valence-electron chi connectivity index (χ3n) is 4.78. The Labute approximate surface area is 193 Å². The first kappa shape index (κ1) is 17.9. The minimum Gasteiger partial charge on any atom is -0.492 e. The summed E-state index contributed by atoms with van der Waals surface area (Å²) < 4.78 is 46.5. The van der Waals surface area contributed by atoms with Crippen LogP contribution in [-0.2, 0) is 22.4 Å². The zero-order valence-corrected chi connectivity index (χ0v) is 18.6. The van der Waals surface area contributed by atoms with Gasteiger partial charge in [-0.3, -0.25) is 0 Å². The Kier molecular flexibility index (Phi) is 6.40. The Morgan fingerprint density at radius 3 is 2.45 bits per heavy atom. The van der Waals surface area contributed by atoms with Gasteiger partial charge in [-0.25, -0.2) is 4.79 Å². The molecule has 3 aromatic rings. The SMILES string of the molecule is [2H]C([2H])(Oc1ccc(C[C@H](OCC)C(=O)O)cc1)C([2H])([2H])n1c(C)ccc1-c1ccc(SC)cc1. The van der Waals surface area contributed by atoms with Gasteiger partial charge in [0.05, 0.1) is 12.0 Å². The number of rotatable bonds is 11. The van der Waals surface area contributed by atoms with Crippen molar-refractivity contribution in [1.82, 2.24) is 4.57 Å². The van der Waals surface area contributed by atoms with E-state index in [1.54, 1.807) is 49.9 Å². The van der Waals surface area contributed by atoms with Crippen molar-refractivity contribution in [2.45, 2.75) is 37.8 Å². The van der Waals surface area contributed by atoms with Crippen LogP contribution in [-0.4, -0.2) is 41.2 Å². The Morgan fingerprint density at radius 1 is 1.13 bits per heavy atom. The normalized spacial score (nSPS) is 14.8. The minimum atomic E-state index is -2.72. The van der Waals surface area contributed by atoms with Gasteiger partial charge in [-0.05, 0) is 67.6 Å². The number of thioether (sulfide) groups is 1. The summed E-state index contributed by atoms with van der Waals surface area (Å²) in [4.78, 5) is 12.4. The lowest BCUT2D eigenvalue weighted by Gasteiger charge is -2.14. The summed E-state index contributed by atoms with van der Waals surface area (Å²) in [6.07, 6.45) is 1.15. The van der Waals surface area contributed by atoms with Gasteiger partial charge in [-0.2, -0.15) is 0 Å². The lowest BCUT2D eigenvalue weighted by molar-refractivity contribution is -0.149. The highest BCUT2D eigenvalue weighted by Crippen LogP contribution is 2.25. The van der Waals surface area contributed by atoms with Crippen LogP contribution in [0.1, 0.15) is 23.7 Å². The number of aromatic nitrogens is 1. The number of hydrogen-bond donors (Lipinski definition) is 1. The van der Waals surface area contributed by atoms with Crippen LogP contribution in [0.5, 0.6) is 5.75 Å². The molecule has 164 valence electrons. The molecule has 0 spiro atoms. The first-order valence-corrected chi connectivity index (χ1v) is 11.2. The van der Waals surface area contributed by atoms with E-state index < -0.39 is 25.1 Å². The monoisotopic (exact) mass is 443 g/mol. The summed E-state index contributed by atoms with van der Waals surface area (Å²) in [6, 6.07) is 17.4. The zero-order chi connectivity index (χ0) is 25.8. The molecule has 2 aromatic carbocycles. The number of carboxylic acids is 1. The molecule has 31 heavy (non-hydrogen) atoms. The molecule has 0 saturated heterocycles. The second-order valence-corrected chi connectivity index (χ2v) is 7.75. The average molecular weight is 444 g/mol. The van der Waals surface area contributed by atoms with Crippen molar-refractivity contribution in [1.29, 1.82) is 0 Å². The molecule has 0 aliphatic heterocycles. The van der Waals surface area contributed by atoms with E-state index in [1.165, 1.54) is 16.7 Å². The standard InChI is InChI=1S/C25H29NO4S/c1-4-29-24(25(27)28)17-19-6-10-21(11-7-19)30-16-15-26-18(2)5-14-23(26)20-8-12-22(31-3)13-9-20/h5-14,24H,4,15-17H2,1-3H3,(H,27,28)/t24-/m0/s1/i15D2,16D2. The lowest BCUT2D eigenvalue weighted by Crippen LogP contribution is -2.26. The number of hydrogen-bond acceptors (Lipinski definition) is 4. The quantitative estimate of drug-likeness (QED) is 0.408. The first-order valence-electron chi connectivity index (χ1n) is 12.0. The largest absolute Gasteiger partial charge is 0.492 e. The van der Waals surface area contributed by atoms with Gasteiger partial charge in [0.2, 0.25) is 0 Å². The fraction of sp³-hybridized carbons (Fsp3) is 0.320. The Hall–Kier alpha value is -2.70. The van der Waals surface area contributed by atoms with E-state index >= 15 is 0 Å². The Morgan fingerprint density at radius 2 is 1.84 bits per heavy atom. The molecule has 1 atom stereocenters. The highest BCUT2D eigenvalue weighted by molar-refractivity contribution is 7.98. The van der Waals surface area contributed by atoms with E-state index in [0.717, 1.165) is 10.5 Å². The molecule has 0 amide bonds. The van der Waals surface area contributed by atoms with E-state index in [9.17, 15) is 9.90 Å². The van der Waals surface area contributed by atoms with Crippen LogP contribution in [0.15, 0.2) is 65.6 Å². The van der Waals surface area contributed by atoms with Crippen molar-refractivity contribution in [3.8, 4) is 17.0 Å². The van der Waals surface area contributed by atoms with Gasteiger partial charge < -0.3 is 19.1 Å². The molecule has 0 unspecified atom stereocenters. The van der Waals surface area contributed by atoms with Crippen LogP contribution in [0.2, 0.25) is 0 Å². The van der Waals surface area contributed by atoms with Gasteiger partial charge in [0.1, 0.15) is 12.3 Å². The molecule has 0 radical (unpaired) electrons. The molecule has 3 rings (SSSR count). The van der Waals surface area contributed by atoms with Crippen LogP contribution in [0, 0.1) is 6.92 Å². The molecule has 0 aliphatic carbocycles. The summed E-state index contributed by atoms with van der Waals surface area (Å²) in [5.74, 6) is -0.931. The Balaban J connectivity index is 1.84. The molecule has 0 aliphatic rings. The van der Waals surface area contributed by atoms with Gasteiger partial charge in [0, 0.05) is 29.3 Å². The lowest BCUT2D eigenvalue weighted by atomic mass is 10.1. The highest BCUT2D eigenvalue weighted by atomic mass is 32.2. The maximum atomic E-state index is 11.3. The number of carboxylic acid groups (broad SMARTS) is 1. The topological polar surface area (TPSA) is 60.7 Å². The molecule has 1 aromatic heterocycles. The molecular weight excluding hydrogens is 410 g/mol. The van der Waals surface area contributed by atoms with Gasteiger partial charge in [-0.1, -0.05) is 24.3 Å². The van der Waals surface area contributed by atoms with Gasteiger partial charge in [-0.15, -0.1) is 11.8 Å². The highest BCUT2D eigenvalue weighted by Gasteiger charge is 2.17. The number of nitrogens with zero attached hydrogens (tertiary/aromatic N) is 1. The van der Waals surface area contributed by atoms with Crippen molar-refractivity contribution in [2.24, 2.45) is 0 Å². The van der Waals surface area contributed by atoms with Crippen LogP contribution < -0.4 is 4.74 Å². The van der Waals surface area contributed by atoms with Crippen LogP contribution in [0.25, 0.3) is 11.3 Å². The number of aliphatic carboxylic acids is 1. The fourth-order valence-electron chi connectivity index (χ4n) is 3.13. The summed E-state index contributed by atoms with van der Waals surface area (Å²) in [7, 11) is 0. The molecule has 1 N–H and O–H groups in total. The number of benzene rings is 2. The zero-order valence-electron chi connectivity index (χ0n) is 21.8. The predicted molar refractivity (Wildman–Crippen MR) is 125 cm³/mol. The second kappa shape index (κ2) is 11.1. The third kappa shape index (κ3) is 6.15. The van der Waals surface area contributed by atoms with E-state index in [2.05, 4.69) is 0 Å². The summed E-state index contributed by atoms with van der Waals surface area (Å²) in [6.45, 7) is -1.55. The fourth-order valence-corrected chi connectivity index (χ4v) is 3.54.